The molecule has 3 heteroatoms. The highest BCUT2D eigenvalue weighted by molar-refractivity contribution is 5.54. The van der Waals surface area contributed by atoms with Gasteiger partial charge in [-0.15, -0.1) is 0 Å². The molecule has 0 amide bonds. The van der Waals surface area contributed by atoms with E-state index in [1.165, 1.54) is 36.8 Å². The van der Waals surface area contributed by atoms with Gasteiger partial charge in [0.05, 0.1) is 11.7 Å². The van der Waals surface area contributed by atoms with Gasteiger partial charge in [0, 0.05) is 17.8 Å². The monoisotopic (exact) mass is 243 g/mol. The maximum Gasteiger partial charge on any atom is 0.0709 e. The third-order valence-corrected chi connectivity index (χ3v) is 3.84. The molecule has 1 aliphatic carbocycles. The second-order valence-corrected chi connectivity index (χ2v) is 5.26. The van der Waals surface area contributed by atoms with Crippen molar-refractivity contribution in [1.82, 2.24) is 14.9 Å². The van der Waals surface area contributed by atoms with Gasteiger partial charge in [0.2, 0.25) is 0 Å². The second kappa shape index (κ2) is 5.11. The normalized spacial score (nSPS) is 17.2. The molecule has 0 aliphatic heterocycles. The van der Waals surface area contributed by atoms with Crippen LogP contribution in [0.15, 0.2) is 30.6 Å². The van der Waals surface area contributed by atoms with E-state index in [0.29, 0.717) is 6.04 Å². The lowest BCUT2D eigenvalue weighted by atomic mass is 10.0. The third kappa shape index (κ3) is 2.41. The van der Waals surface area contributed by atoms with E-state index in [1.807, 2.05) is 23.0 Å². The molecule has 1 fully saturated rings. The van der Waals surface area contributed by atoms with Gasteiger partial charge in [-0.2, -0.15) is 5.10 Å². The predicted molar refractivity (Wildman–Crippen MR) is 73.6 cm³/mol. The first kappa shape index (κ1) is 11.7. The number of hydrogen-bond donors (Lipinski definition) is 1. The van der Waals surface area contributed by atoms with Crippen LogP contribution >= 0.6 is 0 Å². The van der Waals surface area contributed by atoms with Crippen LogP contribution in [-0.2, 0) is 0 Å². The molecule has 0 bridgehead atoms. The zero-order valence-electron chi connectivity index (χ0n) is 11.0. The molecule has 96 valence electrons. The molecule has 0 aromatic carbocycles. The molecule has 1 atom stereocenters. The van der Waals surface area contributed by atoms with Crippen LogP contribution < -0.4 is 5.32 Å². The molecule has 2 aromatic rings. The van der Waals surface area contributed by atoms with E-state index >= 15 is 0 Å². The Labute approximate surface area is 108 Å². The number of pyridine rings is 1. The number of nitrogens with zero attached hydrogens (tertiary/aromatic N) is 2. The molecule has 2 aromatic heterocycles. The van der Waals surface area contributed by atoms with Gasteiger partial charge < -0.3 is 5.32 Å². The minimum atomic E-state index is 0.454. The molecule has 1 unspecified atom stereocenters. The Morgan fingerprint density at radius 3 is 3.11 bits per heavy atom. The number of rotatable bonds is 6. The summed E-state index contributed by atoms with van der Waals surface area (Å²) in [5, 5.41) is 8.05. The number of fused-ring (bicyclic) bond motifs is 1. The fraction of sp³-hybridized carbons (Fsp3) is 0.533. The molecule has 2 heterocycles. The van der Waals surface area contributed by atoms with Crippen LogP contribution in [0.25, 0.3) is 5.52 Å². The van der Waals surface area contributed by atoms with E-state index < -0.39 is 0 Å². The predicted octanol–water partition coefficient (Wildman–Crippen LogP) is 3.18. The SMILES string of the molecule is CCNC(CCC1CC1)c1cnn2ccccc12. The van der Waals surface area contributed by atoms with Crippen molar-refractivity contribution in [3.05, 3.63) is 36.2 Å². The number of aromatic nitrogens is 2. The molecule has 1 saturated carbocycles. The smallest absolute Gasteiger partial charge is 0.0709 e. The van der Waals surface area contributed by atoms with Gasteiger partial charge in [0.25, 0.3) is 0 Å². The fourth-order valence-corrected chi connectivity index (χ4v) is 2.65. The van der Waals surface area contributed by atoms with Gasteiger partial charge in [-0.25, -0.2) is 4.52 Å². The zero-order chi connectivity index (χ0) is 12.4. The van der Waals surface area contributed by atoms with E-state index in [-0.39, 0.29) is 0 Å². The Bertz CT molecular complexity index is 513. The summed E-state index contributed by atoms with van der Waals surface area (Å²) in [6.45, 7) is 3.19. The Kier molecular flexibility index (Phi) is 3.33. The standard InChI is InChI=1S/C15H21N3/c1-2-16-14(9-8-12-6-7-12)13-11-17-18-10-4-3-5-15(13)18/h3-5,10-12,14,16H,2,6-9H2,1H3. The zero-order valence-corrected chi connectivity index (χ0v) is 11.0. The van der Waals surface area contributed by atoms with Gasteiger partial charge in [0.1, 0.15) is 0 Å². The average Bonchev–Trinajstić information content (AvgIpc) is 3.13. The summed E-state index contributed by atoms with van der Waals surface area (Å²) >= 11 is 0. The topological polar surface area (TPSA) is 29.3 Å². The highest BCUT2D eigenvalue weighted by atomic mass is 15.2. The van der Waals surface area contributed by atoms with Crippen molar-refractivity contribution < 1.29 is 0 Å². The molecule has 3 nitrogen and oxygen atoms in total. The van der Waals surface area contributed by atoms with Crippen molar-refractivity contribution in [3.63, 3.8) is 0 Å². The van der Waals surface area contributed by atoms with Gasteiger partial charge >= 0.3 is 0 Å². The summed E-state index contributed by atoms with van der Waals surface area (Å²) in [5.74, 6) is 0.994. The minimum Gasteiger partial charge on any atom is -0.310 e. The second-order valence-electron chi connectivity index (χ2n) is 5.26. The lowest BCUT2D eigenvalue weighted by Gasteiger charge is -2.16. The summed E-state index contributed by atoms with van der Waals surface area (Å²) in [5.41, 5.74) is 2.58. The van der Waals surface area contributed by atoms with Crippen LogP contribution in [0.4, 0.5) is 0 Å². The summed E-state index contributed by atoms with van der Waals surface area (Å²) in [4.78, 5) is 0. The van der Waals surface area contributed by atoms with E-state index in [2.05, 4.69) is 29.5 Å². The van der Waals surface area contributed by atoms with Crippen LogP contribution in [0.5, 0.6) is 0 Å². The molecule has 1 N–H and O–H groups in total. The Balaban J connectivity index is 1.82. The van der Waals surface area contributed by atoms with E-state index in [9.17, 15) is 0 Å². The summed E-state index contributed by atoms with van der Waals surface area (Å²) in [6.07, 6.45) is 9.50. The van der Waals surface area contributed by atoms with Gasteiger partial charge in [-0.05, 0) is 37.4 Å². The van der Waals surface area contributed by atoms with Crippen molar-refractivity contribution in [2.45, 2.75) is 38.6 Å². The molecule has 3 rings (SSSR count). The molecule has 18 heavy (non-hydrogen) atoms. The summed E-state index contributed by atoms with van der Waals surface area (Å²) in [6, 6.07) is 6.72. The average molecular weight is 243 g/mol. The fourth-order valence-electron chi connectivity index (χ4n) is 2.65. The molecular weight excluding hydrogens is 222 g/mol. The van der Waals surface area contributed by atoms with Gasteiger partial charge in [-0.3, -0.25) is 0 Å². The number of nitrogens with one attached hydrogen (secondary N) is 1. The maximum absolute atomic E-state index is 4.44. The summed E-state index contributed by atoms with van der Waals surface area (Å²) in [7, 11) is 0. The van der Waals surface area contributed by atoms with Crippen molar-refractivity contribution in [3.8, 4) is 0 Å². The molecule has 0 saturated heterocycles. The Morgan fingerprint density at radius 2 is 2.33 bits per heavy atom. The van der Waals surface area contributed by atoms with Crippen molar-refractivity contribution >= 4 is 5.52 Å². The molecular formula is C15H21N3. The molecule has 0 radical (unpaired) electrons. The Morgan fingerprint density at radius 1 is 1.44 bits per heavy atom. The van der Waals surface area contributed by atoms with E-state index in [1.54, 1.807) is 0 Å². The van der Waals surface area contributed by atoms with Crippen LogP contribution in [-0.4, -0.2) is 16.2 Å². The van der Waals surface area contributed by atoms with Crippen molar-refractivity contribution in [1.29, 1.82) is 0 Å². The largest absolute Gasteiger partial charge is 0.310 e. The first-order chi connectivity index (χ1) is 8.88. The van der Waals surface area contributed by atoms with Crippen LogP contribution in [0.1, 0.15) is 44.2 Å². The quantitative estimate of drug-likeness (QED) is 0.844. The summed E-state index contributed by atoms with van der Waals surface area (Å²) < 4.78 is 1.97. The highest BCUT2D eigenvalue weighted by Crippen LogP contribution is 2.36. The van der Waals surface area contributed by atoms with Crippen LogP contribution in [0.2, 0.25) is 0 Å². The minimum absolute atomic E-state index is 0.454. The maximum atomic E-state index is 4.44. The van der Waals surface area contributed by atoms with E-state index in [4.69, 9.17) is 0 Å². The van der Waals surface area contributed by atoms with Crippen molar-refractivity contribution in [2.75, 3.05) is 6.54 Å². The number of hydrogen-bond acceptors (Lipinski definition) is 2. The van der Waals surface area contributed by atoms with Gasteiger partial charge in [0.15, 0.2) is 0 Å². The van der Waals surface area contributed by atoms with Gasteiger partial charge in [-0.1, -0.05) is 25.8 Å². The Hall–Kier alpha value is -1.35. The van der Waals surface area contributed by atoms with Crippen LogP contribution in [0, 0.1) is 5.92 Å². The molecule has 0 spiro atoms. The third-order valence-electron chi connectivity index (χ3n) is 3.84. The first-order valence-electron chi connectivity index (χ1n) is 7.04. The lowest BCUT2D eigenvalue weighted by Crippen LogP contribution is -2.20. The van der Waals surface area contributed by atoms with Crippen molar-refractivity contribution in [2.24, 2.45) is 5.92 Å². The molecule has 1 aliphatic rings. The lowest BCUT2D eigenvalue weighted by molar-refractivity contribution is 0.484. The first-order valence-corrected chi connectivity index (χ1v) is 7.04. The van der Waals surface area contributed by atoms with Crippen LogP contribution in [0.3, 0.4) is 0 Å². The van der Waals surface area contributed by atoms with E-state index in [0.717, 1.165) is 12.5 Å². The highest BCUT2D eigenvalue weighted by Gasteiger charge is 2.23.